The van der Waals surface area contributed by atoms with Crippen molar-refractivity contribution < 1.29 is 13.2 Å². The third-order valence-corrected chi connectivity index (χ3v) is 5.90. The van der Waals surface area contributed by atoms with E-state index in [1.165, 1.54) is 12.1 Å². The molecule has 0 aliphatic rings. The Kier molecular flexibility index (Phi) is 3.49. The third-order valence-electron chi connectivity index (χ3n) is 4.70. The molecule has 0 unspecified atom stereocenters. The molecule has 0 bridgehead atoms. The molecule has 0 amide bonds. The predicted molar refractivity (Wildman–Crippen MR) is 105 cm³/mol. The summed E-state index contributed by atoms with van der Waals surface area (Å²) in [5, 5.41) is 3.13. The van der Waals surface area contributed by atoms with Crippen molar-refractivity contribution in [1.29, 1.82) is 0 Å². The van der Waals surface area contributed by atoms with Gasteiger partial charge >= 0.3 is 6.18 Å². The quantitative estimate of drug-likeness (QED) is 0.298. The number of pyridine rings is 1. The van der Waals surface area contributed by atoms with Gasteiger partial charge in [0.1, 0.15) is 0 Å². The monoisotopic (exact) mass is 379 g/mol. The Morgan fingerprint density at radius 1 is 0.741 bits per heavy atom. The third kappa shape index (κ3) is 2.58. The summed E-state index contributed by atoms with van der Waals surface area (Å²) < 4.78 is 41.0. The lowest BCUT2D eigenvalue weighted by atomic mass is 10.0. The molecule has 1 nitrogen and oxygen atoms in total. The molecule has 0 fully saturated rings. The summed E-state index contributed by atoms with van der Waals surface area (Å²) in [7, 11) is 0. The molecule has 5 rings (SSSR count). The number of para-hydroxylation sites is 1. The highest BCUT2D eigenvalue weighted by molar-refractivity contribution is 7.26. The predicted octanol–water partition coefficient (Wildman–Crippen LogP) is 7.29. The van der Waals surface area contributed by atoms with Crippen molar-refractivity contribution in [3.05, 3.63) is 78.4 Å². The molecule has 0 saturated carbocycles. The van der Waals surface area contributed by atoms with Gasteiger partial charge in [-0.2, -0.15) is 13.2 Å². The molecule has 3 aromatic carbocycles. The van der Waals surface area contributed by atoms with Crippen molar-refractivity contribution in [2.75, 3.05) is 0 Å². The van der Waals surface area contributed by atoms with Crippen LogP contribution < -0.4 is 0 Å². The van der Waals surface area contributed by atoms with E-state index in [-0.39, 0.29) is 0 Å². The second kappa shape index (κ2) is 5.79. The molecule has 2 aromatic heterocycles. The van der Waals surface area contributed by atoms with E-state index in [0.717, 1.165) is 48.9 Å². The van der Waals surface area contributed by atoms with Crippen LogP contribution in [-0.4, -0.2) is 4.98 Å². The van der Waals surface area contributed by atoms with E-state index in [4.69, 9.17) is 4.98 Å². The van der Waals surface area contributed by atoms with Gasteiger partial charge in [0, 0.05) is 31.1 Å². The Morgan fingerprint density at radius 2 is 1.41 bits per heavy atom. The average molecular weight is 379 g/mol. The van der Waals surface area contributed by atoms with Crippen LogP contribution in [0, 0.1) is 0 Å². The molecule has 0 radical (unpaired) electrons. The summed E-state index contributed by atoms with van der Waals surface area (Å²) in [5.74, 6) is 0. The first-order chi connectivity index (χ1) is 13.0. The molecule has 2 heterocycles. The Bertz CT molecular complexity index is 1300. The van der Waals surface area contributed by atoms with E-state index in [1.54, 1.807) is 11.3 Å². The fourth-order valence-corrected chi connectivity index (χ4v) is 4.67. The molecule has 0 atom stereocenters. The summed E-state index contributed by atoms with van der Waals surface area (Å²) in [6.45, 7) is 0. The maximum atomic E-state index is 12.9. The fourth-order valence-electron chi connectivity index (χ4n) is 3.44. The second-order valence-electron chi connectivity index (χ2n) is 6.36. The summed E-state index contributed by atoms with van der Waals surface area (Å²) in [4.78, 5) is 4.81. The summed E-state index contributed by atoms with van der Waals surface area (Å²) in [6, 6.07) is 21.2. The number of halogens is 3. The van der Waals surface area contributed by atoms with Crippen molar-refractivity contribution in [3.63, 3.8) is 0 Å². The van der Waals surface area contributed by atoms with Gasteiger partial charge in [0.05, 0.1) is 16.8 Å². The number of hydrogen-bond acceptors (Lipinski definition) is 2. The van der Waals surface area contributed by atoms with E-state index < -0.39 is 11.7 Å². The standard InChI is InChI=1S/C22H12F3NS/c23-22(24,25)14-11-9-13(10-12-14)20-19-16-6-2-4-8-18(16)27-21(19)15-5-1-3-7-17(15)26-20/h1-12H. The Morgan fingerprint density at radius 3 is 2.15 bits per heavy atom. The molecule has 5 aromatic rings. The van der Waals surface area contributed by atoms with E-state index >= 15 is 0 Å². The van der Waals surface area contributed by atoms with Gasteiger partial charge in [-0.1, -0.05) is 48.5 Å². The van der Waals surface area contributed by atoms with Gasteiger partial charge in [0.25, 0.3) is 0 Å². The average Bonchev–Trinajstić information content (AvgIpc) is 3.07. The Labute approximate surface area is 156 Å². The lowest BCUT2D eigenvalue weighted by Gasteiger charge is -2.10. The molecular weight excluding hydrogens is 367 g/mol. The van der Waals surface area contributed by atoms with E-state index in [2.05, 4.69) is 6.07 Å². The number of nitrogens with zero attached hydrogens (tertiary/aromatic N) is 1. The minimum absolute atomic E-state index is 0.654. The number of rotatable bonds is 1. The minimum atomic E-state index is -4.35. The molecule has 132 valence electrons. The van der Waals surface area contributed by atoms with Gasteiger partial charge in [-0.15, -0.1) is 11.3 Å². The van der Waals surface area contributed by atoms with Crippen LogP contribution in [0.4, 0.5) is 13.2 Å². The zero-order valence-electron chi connectivity index (χ0n) is 13.9. The van der Waals surface area contributed by atoms with E-state index in [9.17, 15) is 13.2 Å². The van der Waals surface area contributed by atoms with Crippen molar-refractivity contribution >= 4 is 42.4 Å². The van der Waals surface area contributed by atoms with Crippen LogP contribution in [0.5, 0.6) is 0 Å². The number of hydrogen-bond donors (Lipinski definition) is 0. The largest absolute Gasteiger partial charge is 0.416 e. The number of benzene rings is 3. The molecule has 0 spiro atoms. The second-order valence-corrected chi connectivity index (χ2v) is 7.41. The highest BCUT2D eigenvalue weighted by Crippen LogP contribution is 2.42. The molecule has 5 heteroatoms. The maximum absolute atomic E-state index is 12.9. The normalized spacial score (nSPS) is 12.3. The first-order valence-corrected chi connectivity index (χ1v) is 9.21. The topological polar surface area (TPSA) is 12.9 Å². The van der Waals surface area contributed by atoms with Gasteiger partial charge in [0.2, 0.25) is 0 Å². The van der Waals surface area contributed by atoms with Gasteiger partial charge in [-0.3, -0.25) is 0 Å². The molecule has 0 N–H and O–H groups in total. The summed E-state index contributed by atoms with van der Waals surface area (Å²) in [6.07, 6.45) is -4.35. The van der Waals surface area contributed by atoms with Gasteiger partial charge < -0.3 is 0 Å². The highest BCUT2D eigenvalue weighted by Gasteiger charge is 2.30. The fraction of sp³-hybridized carbons (Fsp3) is 0.0455. The summed E-state index contributed by atoms with van der Waals surface area (Å²) >= 11 is 1.69. The number of alkyl halides is 3. The lowest BCUT2D eigenvalue weighted by Crippen LogP contribution is -2.04. The van der Waals surface area contributed by atoms with Crippen LogP contribution in [-0.2, 0) is 6.18 Å². The summed E-state index contributed by atoms with van der Waals surface area (Å²) in [5.41, 5.74) is 1.59. The van der Waals surface area contributed by atoms with Crippen molar-refractivity contribution in [2.24, 2.45) is 0 Å². The maximum Gasteiger partial charge on any atom is 0.416 e. The van der Waals surface area contributed by atoms with Crippen LogP contribution in [0.2, 0.25) is 0 Å². The number of thiophene rings is 1. The van der Waals surface area contributed by atoms with Crippen LogP contribution >= 0.6 is 11.3 Å². The van der Waals surface area contributed by atoms with Crippen LogP contribution in [0.3, 0.4) is 0 Å². The zero-order chi connectivity index (χ0) is 18.6. The smallest absolute Gasteiger partial charge is 0.247 e. The highest BCUT2D eigenvalue weighted by atomic mass is 32.1. The van der Waals surface area contributed by atoms with Crippen molar-refractivity contribution in [3.8, 4) is 11.3 Å². The van der Waals surface area contributed by atoms with Crippen molar-refractivity contribution in [2.45, 2.75) is 6.18 Å². The zero-order valence-corrected chi connectivity index (χ0v) is 14.7. The SMILES string of the molecule is FC(F)(F)c1ccc(-c2nc3ccccc3c3sc4ccccc4c23)cc1. The van der Waals surface area contributed by atoms with Crippen LogP contribution in [0.25, 0.3) is 42.3 Å². The van der Waals surface area contributed by atoms with Gasteiger partial charge in [-0.05, 0) is 24.3 Å². The first-order valence-electron chi connectivity index (χ1n) is 8.40. The Hall–Kier alpha value is -2.92. The Balaban J connectivity index is 1.87. The molecule has 0 aliphatic heterocycles. The molecule has 27 heavy (non-hydrogen) atoms. The van der Waals surface area contributed by atoms with E-state index in [1.807, 2.05) is 42.5 Å². The molecule has 0 aliphatic carbocycles. The van der Waals surface area contributed by atoms with Crippen LogP contribution in [0.1, 0.15) is 5.56 Å². The van der Waals surface area contributed by atoms with Gasteiger partial charge in [0.15, 0.2) is 0 Å². The minimum Gasteiger partial charge on any atom is -0.247 e. The van der Waals surface area contributed by atoms with E-state index in [0.29, 0.717) is 5.56 Å². The number of aromatic nitrogens is 1. The first kappa shape index (κ1) is 16.3. The molecule has 0 saturated heterocycles. The van der Waals surface area contributed by atoms with Gasteiger partial charge in [-0.25, -0.2) is 4.98 Å². The van der Waals surface area contributed by atoms with Crippen LogP contribution in [0.15, 0.2) is 72.8 Å². The number of fused-ring (bicyclic) bond motifs is 5. The van der Waals surface area contributed by atoms with Crippen molar-refractivity contribution in [1.82, 2.24) is 4.98 Å². The molecular formula is C22H12F3NS. The lowest BCUT2D eigenvalue weighted by molar-refractivity contribution is -0.137.